The Labute approximate surface area is 125 Å². The Bertz CT molecular complexity index is 718. The van der Waals surface area contributed by atoms with Crippen molar-refractivity contribution in [2.45, 2.75) is 16.3 Å². The van der Waals surface area contributed by atoms with Gasteiger partial charge < -0.3 is 11.1 Å². The Morgan fingerprint density at radius 3 is 3.14 bits per heavy atom. The quantitative estimate of drug-likeness (QED) is 0.290. The molecule has 0 saturated carbocycles. The van der Waals surface area contributed by atoms with Gasteiger partial charge in [0.25, 0.3) is 0 Å². The molecule has 0 radical (unpaired) electrons. The number of benzene rings is 1. The van der Waals surface area contributed by atoms with Gasteiger partial charge in [0.15, 0.2) is 5.82 Å². The predicted octanol–water partition coefficient (Wildman–Crippen LogP) is 1.25. The van der Waals surface area contributed by atoms with E-state index in [9.17, 15) is 4.79 Å². The standard InChI is InChI=1S/C13H12N6OS/c14-11(19-17-7-20)6-8-1-2-10-9(5-8)18-12-13(21-10)16-4-3-15-12/h1-5,7H,6H2,(H2,14,19)(H,15,18)(H,17,20). The number of anilines is 2. The third-order valence-electron chi connectivity index (χ3n) is 2.81. The van der Waals surface area contributed by atoms with Gasteiger partial charge in [-0.1, -0.05) is 17.8 Å². The molecule has 1 aromatic heterocycles. The van der Waals surface area contributed by atoms with Gasteiger partial charge in [0.2, 0.25) is 6.41 Å². The summed E-state index contributed by atoms with van der Waals surface area (Å²) in [5.74, 6) is 1.09. The van der Waals surface area contributed by atoms with Crippen LogP contribution in [0.3, 0.4) is 0 Å². The molecule has 1 aromatic carbocycles. The molecule has 0 aliphatic carbocycles. The number of aromatic nitrogens is 2. The van der Waals surface area contributed by atoms with E-state index in [1.165, 1.54) is 0 Å². The fourth-order valence-electron chi connectivity index (χ4n) is 1.95. The number of hydrogen-bond donors (Lipinski definition) is 3. The monoisotopic (exact) mass is 300 g/mol. The summed E-state index contributed by atoms with van der Waals surface area (Å²) in [5.41, 5.74) is 9.86. The highest BCUT2D eigenvalue weighted by molar-refractivity contribution is 7.99. The van der Waals surface area contributed by atoms with E-state index in [1.807, 2.05) is 18.2 Å². The number of rotatable bonds is 4. The van der Waals surface area contributed by atoms with Crippen molar-refractivity contribution in [3.63, 3.8) is 0 Å². The van der Waals surface area contributed by atoms with Crippen molar-refractivity contribution in [3.05, 3.63) is 36.2 Å². The second-order valence-electron chi connectivity index (χ2n) is 4.29. The predicted molar refractivity (Wildman–Crippen MR) is 80.4 cm³/mol. The van der Waals surface area contributed by atoms with E-state index in [2.05, 4.69) is 25.8 Å². The fourth-order valence-corrected chi connectivity index (χ4v) is 2.83. The molecule has 21 heavy (non-hydrogen) atoms. The number of carbonyl (C=O) groups is 1. The second-order valence-corrected chi connectivity index (χ2v) is 5.33. The number of amides is 1. The van der Waals surface area contributed by atoms with Gasteiger partial charge in [-0.05, 0) is 17.7 Å². The number of nitrogens with one attached hydrogen (secondary N) is 2. The van der Waals surface area contributed by atoms with Gasteiger partial charge in [-0.25, -0.2) is 15.4 Å². The molecule has 0 fully saturated rings. The molecule has 4 N–H and O–H groups in total. The summed E-state index contributed by atoms with van der Waals surface area (Å²) in [6.07, 6.45) is 4.25. The van der Waals surface area contributed by atoms with Crippen LogP contribution in [0.2, 0.25) is 0 Å². The van der Waals surface area contributed by atoms with Crippen LogP contribution in [0.5, 0.6) is 0 Å². The zero-order valence-electron chi connectivity index (χ0n) is 10.9. The van der Waals surface area contributed by atoms with E-state index >= 15 is 0 Å². The van der Waals surface area contributed by atoms with Gasteiger partial charge >= 0.3 is 0 Å². The van der Waals surface area contributed by atoms with Crippen molar-refractivity contribution in [3.8, 4) is 0 Å². The molecule has 2 aromatic rings. The van der Waals surface area contributed by atoms with Crippen LogP contribution in [-0.4, -0.2) is 22.2 Å². The molecule has 8 heteroatoms. The Morgan fingerprint density at radius 1 is 1.43 bits per heavy atom. The third kappa shape index (κ3) is 2.95. The van der Waals surface area contributed by atoms with Crippen molar-refractivity contribution in [1.82, 2.24) is 15.4 Å². The van der Waals surface area contributed by atoms with Gasteiger partial charge in [0, 0.05) is 23.7 Å². The smallest absolute Gasteiger partial charge is 0.227 e. The molecule has 0 saturated heterocycles. The highest BCUT2D eigenvalue weighted by Crippen LogP contribution is 2.41. The highest BCUT2D eigenvalue weighted by Gasteiger charge is 2.17. The van der Waals surface area contributed by atoms with Crippen molar-refractivity contribution in [2.24, 2.45) is 10.8 Å². The topological polar surface area (TPSA) is 105 Å². The fraction of sp³-hybridized carbons (Fsp3) is 0.0769. The van der Waals surface area contributed by atoms with Gasteiger partial charge in [-0.2, -0.15) is 5.10 Å². The van der Waals surface area contributed by atoms with Crippen LogP contribution in [0, 0.1) is 0 Å². The summed E-state index contributed by atoms with van der Waals surface area (Å²) < 4.78 is 0. The SMILES string of the molecule is NC(Cc1ccc2c(c1)Nc1nccnc1S2)=NNC=O. The third-order valence-corrected chi connectivity index (χ3v) is 3.88. The minimum absolute atomic E-state index is 0.339. The van der Waals surface area contributed by atoms with Crippen molar-refractivity contribution in [2.75, 3.05) is 5.32 Å². The Morgan fingerprint density at radius 2 is 2.29 bits per heavy atom. The average molecular weight is 300 g/mol. The number of amidine groups is 1. The van der Waals surface area contributed by atoms with Gasteiger partial charge in [0.1, 0.15) is 10.9 Å². The summed E-state index contributed by atoms with van der Waals surface area (Å²) in [6.45, 7) is 0. The molecule has 106 valence electrons. The van der Waals surface area contributed by atoms with Gasteiger partial charge in [-0.15, -0.1) is 0 Å². The number of hydrazone groups is 1. The second kappa shape index (κ2) is 5.80. The summed E-state index contributed by atoms with van der Waals surface area (Å²) in [5, 5.41) is 7.82. The summed E-state index contributed by atoms with van der Waals surface area (Å²) in [4.78, 5) is 19.8. The summed E-state index contributed by atoms with van der Waals surface area (Å²) in [6, 6.07) is 5.96. The summed E-state index contributed by atoms with van der Waals surface area (Å²) >= 11 is 1.57. The number of nitrogens with zero attached hydrogens (tertiary/aromatic N) is 3. The van der Waals surface area contributed by atoms with E-state index in [4.69, 9.17) is 5.73 Å². The van der Waals surface area contributed by atoms with Crippen molar-refractivity contribution >= 4 is 35.5 Å². The van der Waals surface area contributed by atoms with Crippen molar-refractivity contribution in [1.29, 1.82) is 0 Å². The molecule has 0 atom stereocenters. The maximum atomic E-state index is 10.2. The van der Waals surface area contributed by atoms with Crippen LogP contribution in [0.4, 0.5) is 11.5 Å². The van der Waals surface area contributed by atoms with Gasteiger partial charge in [-0.3, -0.25) is 4.79 Å². The minimum Gasteiger partial charge on any atom is -0.385 e. The Kier molecular flexibility index (Phi) is 3.69. The van der Waals surface area contributed by atoms with Crippen LogP contribution in [0.25, 0.3) is 0 Å². The number of nitrogens with two attached hydrogens (primary N) is 1. The number of fused-ring (bicyclic) bond motifs is 2. The van der Waals surface area contributed by atoms with E-state index in [1.54, 1.807) is 24.2 Å². The lowest BCUT2D eigenvalue weighted by Crippen LogP contribution is -2.19. The highest BCUT2D eigenvalue weighted by atomic mass is 32.2. The summed E-state index contributed by atoms with van der Waals surface area (Å²) in [7, 11) is 0. The first-order valence-corrected chi connectivity index (χ1v) is 6.98. The molecule has 1 amide bonds. The largest absolute Gasteiger partial charge is 0.385 e. The first-order valence-electron chi connectivity index (χ1n) is 6.16. The van der Waals surface area contributed by atoms with E-state index in [-0.39, 0.29) is 0 Å². The van der Waals surface area contributed by atoms with E-state index in [0.29, 0.717) is 18.7 Å². The van der Waals surface area contributed by atoms with Crippen LogP contribution in [0.15, 0.2) is 45.6 Å². The lowest BCUT2D eigenvalue weighted by atomic mass is 10.1. The minimum atomic E-state index is 0.339. The number of hydrogen-bond acceptors (Lipinski definition) is 6. The lowest BCUT2D eigenvalue weighted by Gasteiger charge is -2.19. The Balaban J connectivity index is 1.82. The molecule has 2 heterocycles. The number of carbonyl (C=O) groups excluding carboxylic acids is 1. The van der Waals surface area contributed by atoms with Gasteiger partial charge in [0.05, 0.1) is 5.69 Å². The lowest BCUT2D eigenvalue weighted by molar-refractivity contribution is -0.109. The first-order chi connectivity index (χ1) is 10.3. The zero-order valence-corrected chi connectivity index (χ0v) is 11.7. The molecule has 0 unspecified atom stereocenters. The molecule has 1 aliphatic rings. The van der Waals surface area contributed by atoms with Crippen LogP contribution in [0.1, 0.15) is 5.56 Å². The molecular weight excluding hydrogens is 288 g/mol. The van der Waals surface area contributed by atoms with Crippen molar-refractivity contribution < 1.29 is 4.79 Å². The first kappa shape index (κ1) is 13.4. The maximum absolute atomic E-state index is 10.2. The van der Waals surface area contributed by atoms with Crippen LogP contribution >= 0.6 is 11.8 Å². The van der Waals surface area contributed by atoms with E-state index < -0.39 is 0 Å². The molecule has 7 nitrogen and oxygen atoms in total. The molecule has 3 rings (SSSR count). The van der Waals surface area contributed by atoms with Crippen LogP contribution < -0.4 is 16.5 Å². The molecule has 0 spiro atoms. The molecule has 1 aliphatic heterocycles. The normalized spacial score (nSPS) is 12.9. The Hall–Kier alpha value is -2.61. The van der Waals surface area contributed by atoms with E-state index in [0.717, 1.165) is 27.0 Å². The average Bonchev–Trinajstić information content (AvgIpc) is 2.51. The zero-order chi connectivity index (χ0) is 14.7. The molecule has 0 bridgehead atoms. The van der Waals surface area contributed by atoms with Crippen LogP contribution in [-0.2, 0) is 11.2 Å². The maximum Gasteiger partial charge on any atom is 0.227 e. The molecular formula is C13H12N6OS.